The summed E-state index contributed by atoms with van der Waals surface area (Å²) in [5.74, 6) is 0.484. The fraction of sp³-hybridized carbons (Fsp3) is 0.412. The molecule has 6 nitrogen and oxygen atoms in total. The molecule has 1 atom stereocenters. The van der Waals surface area contributed by atoms with Gasteiger partial charge in [0, 0.05) is 23.7 Å². The van der Waals surface area contributed by atoms with E-state index in [0.29, 0.717) is 28.8 Å². The van der Waals surface area contributed by atoms with E-state index in [0.717, 1.165) is 22.9 Å². The molecule has 0 spiro atoms. The Kier molecular flexibility index (Phi) is 6.50. The van der Waals surface area contributed by atoms with Crippen LogP contribution >= 0.6 is 34.7 Å². The Morgan fingerprint density at radius 2 is 2.12 bits per heavy atom. The summed E-state index contributed by atoms with van der Waals surface area (Å²) >= 11 is 8.84. The number of aromatic nitrogens is 2. The SMILES string of the molecule is CCSc1nnc(NC(=O)[C@H]2CCCN(C(=O)c3ccc(Cl)cc3)C2)s1. The summed E-state index contributed by atoms with van der Waals surface area (Å²) in [4.78, 5) is 26.9. The highest BCUT2D eigenvalue weighted by Crippen LogP contribution is 2.26. The van der Waals surface area contributed by atoms with Crippen LogP contribution in [0, 0.1) is 5.92 Å². The number of amides is 2. The zero-order valence-corrected chi connectivity index (χ0v) is 16.7. The first-order chi connectivity index (χ1) is 12.6. The van der Waals surface area contributed by atoms with E-state index in [1.54, 1.807) is 40.9 Å². The molecule has 0 bridgehead atoms. The van der Waals surface area contributed by atoms with Crippen molar-refractivity contribution in [3.63, 3.8) is 0 Å². The van der Waals surface area contributed by atoms with Crippen molar-refractivity contribution in [2.45, 2.75) is 24.1 Å². The van der Waals surface area contributed by atoms with Crippen molar-refractivity contribution in [2.75, 3.05) is 24.2 Å². The molecule has 2 aromatic rings. The molecule has 1 saturated heterocycles. The molecule has 1 N–H and O–H groups in total. The van der Waals surface area contributed by atoms with Gasteiger partial charge in [-0.1, -0.05) is 41.6 Å². The summed E-state index contributed by atoms with van der Waals surface area (Å²) in [6.45, 7) is 3.10. The predicted molar refractivity (Wildman–Crippen MR) is 105 cm³/mol. The molecule has 1 aliphatic heterocycles. The number of benzene rings is 1. The van der Waals surface area contributed by atoms with Gasteiger partial charge in [0.05, 0.1) is 5.92 Å². The Bertz CT molecular complexity index is 781. The maximum absolute atomic E-state index is 12.6. The molecular weight excluding hydrogens is 392 g/mol. The van der Waals surface area contributed by atoms with Gasteiger partial charge in [0.2, 0.25) is 11.0 Å². The number of anilines is 1. The Hall–Kier alpha value is -1.64. The summed E-state index contributed by atoms with van der Waals surface area (Å²) in [7, 11) is 0. The average molecular weight is 411 g/mol. The molecule has 1 fully saturated rings. The van der Waals surface area contributed by atoms with Crippen molar-refractivity contribution in [2.24, 2.45) is 5.92 Å². The highest BCUT2D eigenvalue weighted by atomic mass is 35.5. The zero-order valence-electron chi connectivity index (χ0n) is 14.3. The first kappa shape index (κ1) is 19.1. The van der Waals surface area contributed by atoms with Crippen molar-refractivity contribution < 1.29 is 9.59 Å². The fourth-order valence-corrected chi connectivity index (χ4v) is 4.58. The highest BCUT2D eigenvalue weighted by molar-refractivity contribution is 8.01. The van der Waals surface area contributed by atoms with E-state index in [1.165, 1.54) is 11.3 Å². The molecule has 1 aromatic heterocycles. The van der Waals surface area contributed by atoms with Crippen LogP contribution in [-0.2, 0) is 4.79 Å². The third-order valence-corrected chi connectivity index (χ3v) is 6.18. The molecule has 138 valence electrons. The minimum absolute atomic E-state index is 0.0725. The van der Waals surface area contributed by atoms with Crippen molar-refractivity contribution in [3.05, 3.63) is 34.9 Å². The monoisotopic (exact) mass is 410 g/mol. The summed E-state index contributed by atoms with van der Waals surface area (Å²) in [6, 6.07) is 6.82. The largest absolute Gasteiger partial charge is 0.338 e. The second-order valence-electron chi connectivity index (χ2n) is 5.89. The third kappa shape index (κ3) is 4.75. The van der Waals surface area contributed by atoms with Gasteiger partial charge in [-0.3, -0.25) is 9.59 Å². The van der Waals surface area contributed by atoms with Gasteiger partial charge < -0.3 is 10.2 Å². The van der Waals surface area contributed by atoms with Crippen LogP contribution in [0.25, 0.3) is 0 Å². The molecule has 2 amide bonds. The molecule has 0 aliphatic carbocycles. The summed E-state index contributed by atoms with van der Waals surface area (Å²) in [6.07, 6.45) is 1.55. The summed E-state index contributed by atoms with van der Waals surface area (Å²) in [5, 5.41) is 12.0. The van der Waals surface area contributed by atoms with Crippen molar-refractivity contribution in [1.29, 1.82) is 0 Å². The lowest BCUT2D eigenvalue weighted by molar-refractivity contribution is -0.121. The van der Waals surface area contributed by atoms with E-state index in [-0.39, 0.29) is 17.7 Å². The normalized spacial score (nSPS) is 17.2. The fourth-order valence-electron chi connectivity index (χ4n) is 2.80. The van der Waals surface area contributed by atoms with E-state index in [1.807, 2.05) is 6.92 Å². The smallest absolute Gasteiger partial charge is 0.253 e. The Morgan fingerprint density at radius 3 is 2.85 bits per heavy atom. The second-order valence-corrected chi connectivity index (χ2v) is 8.82. The Labute approximate surface area is 165 Å². The molecule has 0 unspecified atom stereocenters. The standard InChI is InChI=1S/C17H19ClN4O2S2/c1-2-25-17-21-20-16(26-17)19-14(23)12-4-3-9-22(10-12)15(24)11-5-7-13(18)8-6-11/h5-8,12H,2-4,9-10H2,1H3,(H,19,20,23)/t12-/m0/s1. The summed E-state index contributed by atoms with van der Waals surface area (Å²) < 4.78 is 0.839. The molecular formula is C17H19ClN4O2S2. The van der Waals surface area contributed by atoms with Crippen molar-refractivity contribution in [1.82, 2.24) is 15.1 Å². The molecule has 9 heteroatoms. The van der Waals surface area contributed by atoms with E-state index in [2.05, 4.69) is 15.5 Å². The number of nitrogens with zero attached hydrogens (tertiary/aromatic N) is 3. The maximum Gasteiger partial charge on any atom is 0.253 e. The second kappa shape index (κ2) is 8.83. The number of likely N-dealkylation sites (tertiary alicyclic amines) is 1. The van der Waals surface area contributed by atoms with Crippen LogP contribution in [0.15, 0.2) is 28.6 Å². The van der Waals surface area contributed by atoms with Crippen LogP contribution in [0.2, 0.25) is 5.02 Å². The number of piperidine rings is 1. The lowest BCUT2D eigenvalue weighted by Crippen LogP contribution is -2.43. The van der Waals surface area contributed by atoms with Gasteiger partial charge >= 0.3 is 0 Å². The number of nitrogens with one attached hydrogen (secondary N) is 1. The van der Waals surface area contributed by atoms with Crippen LogP contribution in [0.3, 0.4) is 0 Å². The van der Waals surface area contributed by atoms with Crippen LogP contribution in [0.4, 0.5) is 5.13 Å². The highest BCUT2D eigenvalue weighted by Gasteiger charge is 2.29. The number of hydrogen-bond donors (Lipinski definition) is 1. The lowest BCUT2D eigenvalue weighted by atomic mass is 9.96. The minimum atomic E-state index is -0.244. The van der Waals surface area contributed by atoms with Gasteiger partial charge in [-0.05, 0) is 42.9 Å². The number of carbonyl (C=O) groups is 2. The van der Waals surface area contributed by atoms with E-state index in [9.17, 15) is 9.59 Å². The van der Waals surface area contributed by atoms with Gasteiger partial charge in [-0.15, -0.1) is 10.2 Å². The maximum atomic E-state index is 12.6. The quantitative estimate of drug-likeness (QED) is 0.599. The molecule has 26 heavy (non-hydrogen) atoms. The first-order valence-electron chi connectivity index (χ1n) is 8.39. The number of hydrogen-bond acceptors (Lipinski definition) is 6. The van der Waals surface area contributed by atoms with Gasteiger partial charge in [0.1, 0.15) is 0 Å². The molecule has 3 rings (SSSR count). The van der Waals surface area contributed by atoms with Crippen molar-refractivity contribution >= 4 is 51.6 Å². The van der Waals surface area contributed by atoms with Crippen LogP contribution < -0.4 is 5.32 Å². The van der Waals surface area contributed by atoms with E-state index < -0.39 is 0 Å². The van der Waals surface area contributed by atoms with Gasteiger partial charge in [-0.25, -0.2) is 0 Å². The predicted octanol–water partition coefficient (Wildman–Crippen LogP) is 3.79. The van der Waals surface area contributed by atoms with Crippen LogP contribution in [-0.4, -0.2) is 45.8 Å². The Balaban J connectivity index is 1.60. The molecule has 1 aromatic carbocycles. The van der Waals surface area contributed by atoms with E-state index >= 15 is 0 Å². The van der Waals surface area contributed by atoms with E-state index in [4.69, 9.17) is 11.6 Å². The van der Waals surface area contributed by atoms with Gasteiger partial charge in [-0.2, -0.15) is 0 Å². The van der Waals surface area contributed by atoms with Gasteiger partial charge in [0.15, 0.2) is 4.34 Å². The summed E-state index contributed by atoms with van der Waals surface area (Å²) in [5.41, 5.74) is 0.584. The number of thioether (sulfide) groups is 1. The third-order valence-electron chi connectivity index (χ3n) is 4.07. The molecule has 2 heterocycles. The van der Waals surface area contributed by atoms with Crippen molar-refractivity contribution in [3.8, 4) is 0 Å². The number of carbonyl (C=O) groups excluding carboxylic acids is 2. The molecule has 1 aliphatic rings. The lowest BCUT2D eigenvalue weighted by Gasteiger charge is -2.32. The minimum Gasteiger partial charge on any atom is -0.338 e. The first-order valence-corrected chi connectivity index (χ1v) is 10.6. The van der Waals surface area contributed by atoms with Gasteiger partial charge in [0.25, 0.3) is 5.91 Å². The number of halogens is 1. The molecule has 0 saturated carbocycles. The topological polar surface area (TPSA) is 75.2 Å². The molecule has 0 radical (unpaired) electrons. The average Bonchev–Trinajstić information content (AvgIpc) is 3.09. The number of rotatable bonds is 5. The van der Waals surface area contributed by atoms with Crippen LogP contribution in [0.1, 0.15) is 30.1 Å². The zero-order chi connectivity index (χ0) is 18.5. The Morgan fingerprint density at radius 1 is 1.35 bits per heavy atom. The van der Waals surface area contributed by atoms with Crippen LogP contribution in [0.5, 0.6) is 0 Å².